The molecule has 0 fully saturated rings. The Labute approximate surface area is 102 Å². The first-order chi connectivity index (χ1) is 8.50. The van der Waals surface area contributed by atoms with Crippen LogP contribution in [0.25, 0.3) is 11.3 Å². The summed E-state index contributed by atoms with van der Waals surface area (Å²) >= 11 is 0. The number of nitrogens with zero attached hydrogens (tertiary/aromatic N) is 2. The highest BCUT2D eigenvalue weighted by molar-refractivity contribution is 5.61. The lowest BCUT2D eigenvalue weighted by molar-refractivity contribution is -0.137. The molecule has 94 valence electrons. The summed E-state index contributed by atoms with van der Waals surface area (Å²) in [5, 5.41) is 2.79. The third-order valence-corrected chi connectivity index (χ3v) is 2.38. The normalized spacial score (nSPS) is 11.3. The van der Waals surface area contributed by atoms with E-state index in [0.29, 0.717) is 17.1 Å². The second kappa shape index (κ2) is 4.64. The van der Waals surface area contributed by atoms with Crippen molar-refractivity contribution in [1.29, 1.82) is 0 Å². The summed E-state index contributed by atoms with van der Waals surface area (Å²) in [5.41, 5.74) is 0.0824. The second-order valence-electron chi connectivity index (χ2n) is 3.62. The molecule has 18 heavy (non-hydrogen) atoms. The van der Waals surface area contributed by atoms with Crippen molar-refractivity contribution in [2.24, 2.45) is 0 Å². The molecular weight excluding hydrogens is 243 g/mol. The Morgan fingerprint density at radius 2 is 1.94 bits per heavy atom. The zero-order valence-electron chi connectivity index (χ0n) is 9.49. The summed E-state index contributed by atoms with van der Waals surface area (Å²) in [4.78, 5) is 8.06. The number of hydrogen-bond donors (Lipinski definition) is 1. The van der Waals surface area contributed by atoms with E-state index in [1.54, 1.807) is 13.1 Å². The summed E-state index contributed by atoms with van der Waals surface area (Å²) in [5.74, 6) is 0.505. The van der Waals surface area contributed by atoms with Gasteiger partial charge in [0.15, 0.2) is 0 Å². The van der Waals surface area contributed by atoms with Gasteiger partial charge in [-0.1, -0.05) is 12.1 Å². The van der Waals surface area contributed by atoms with E-state index in [1.165, 1.54) is 18.5 Å². The van der Waals surface area contributed by atoms with Gasteiger partial charge in [0.2, 0.25) is 0 Å². The van der Waals surface area contributed by atoms with Gasteiger partial charge in [0.05, 0.1) is 23.7 Å². The van der Waals surface area contributed by atoms with Gasteiger partial charge in [0.25, 0.3) is 0 Å². The molecule has 6 heteroatoms. The van der Waals surface area contributed by atoms with Crippen LogP contribution in [-0.4, -0.2) is 17.0 Å². The maximum absolute atomic E-state index is 12.6. The molecule has 0 aliphatic rings. The molecule has 0 radical (unpaired) electrons. The van der Waals surface area contributed by atoms with Crippen LogP contribution in [0, 0.1) is 0 Å². The molecule has 0 saturated carbocycles. The molecule has 1 aromatic heterocycles. The molecule has 0 bridgehead atoms. The smallest absolute Gasteiger partial charge is 0.372 e. The zero-order chi connectivity index (χ0) is 13.2. The van der Waals surface area contributed by atoms with E-state index < -0.39 is 11.7 Å². The molecule has 0 amide bonds. The predicted molar refractivity (Wildman–Crippen MR) is 62.0 cm³/mol. The summed E-state index contributed by atoms with van der Waals surface area (Å²) in [6.45, 7) is 0. The van der Waals surface area contributed by atoms with Crippen LogP contribution >= 0.6 is 0 Å². The van der Waals surface area contributed by atoms with Gasteiger partial charge < -0.3 is 5.32 Å². The van der Waals surface area contributed by atoms with Crippen molar-refractivity contribution in [3.63, 3.8) is 0 Å². The molecule has 0 spiro atoms. The van der Waals surface area contributed by atoms with Crippen molar-refractivity contribution < 1.29 is 13.2 Å². The van der Waals surface area contributed by atoms with Crippen LogP contribution in [0.15, 0.2) is 36.7 Å². The fourth-order valence-electron chi connectivity index (χ4n) is 1.48. The van der Waals surface area contributed by atoms with Gasteiger partial charge >= 0.3 is 6.18 Å². The Bertz CT molecular complexity index is 552. The molecule has 2 rings (SSSR count). The molecule has 1 N–H and O–H groups in total. The highest BCUT2D eigenvalue weighted by Crippen LogP contribution is 2.31. The summed E-state index contributed by atoms with van der Waals surface area (Å²) in [6, 6.07) is 5.01. The van der Waals surface area contributed by atoms with Crippen LogP contribution in [0.1, 0.15) is 5.56 Å². The van der Waals surface area contributed by atoms with Crippen LogP contribution in [0.3, 0.4) is 0 Å². The van der Waals surface area contributed by atoms with E-state index in [9.17, 15) is 13.2 Å². The van der Waals surface area contributed by atoms with Crippen LogP contribution in [0.4, 0.5) is 19.0 Å². The quantitative estimate of drug-likeness (QED) is 0.893. The van der Waals surface area contributed by atoms with Crippen LogP contribution in [-0.2, 0) is 6.18 Å². The average molecular weight is 253 g/mol. The standard InChI is InChI=1S/C12H10F3N3/c1-16-11-7-17-6-10(18-11)8-3-2-4-9(5-8)12(13,14)15/h2-7H,1H3,(H,16,18). The monoisotopic (exact) mass is 253 g/mol. The molecule has 0 aliphatic carbocycles. The molecular formula is C12H10F3N3. The third kappa shape index (κ3) is 2.58. The Kier molecular flexibility index (Phi) is 3.18. The van der Waals surface area contributed by atoms with Gasteiger partial charge in [0.1, 0.15) is 5.82 Å². The summed E-state index contributed by atoms with van der Waals surface area (Å²) < 4.78 is 37.7. The number of anilines is 1. The Balaban J connectivity index is 2.44. The maximum Gasteiger partial charge on any atom is 0.416 e. The first-order valence-corrected chi connectivity index (χ1v) is 5.18. The number of hydrogen-bond acceptors (Lipinski definition) is 3. The van der Waals surface area contributed by atoms with Crippen molar-refractivity contribution in [3.05, 3.63) is 42.2 Å². The number of nitrogens with one attached hydrogen (secondary N) is 1. The lowest BCUT2D eigenvalue weighted by atomic mass is 10.1. The molecule has 0 aliphatic heterocycles. The van der Waals surface area contributed by atoms with Crippen LogP contribution < -0.4 is 5.32 Å². The third-order valence-electron chi connectivity index (χ3n) is 2.38. The lowest BCUT2D eigenvalue weighted by Gasteiger charge is -2.08. The molecule has 0 atom stereocenters. The molecule has 0 unspecified atom stereocenters. The largest absolute Gasteiger partial charge is 0.416 e. The average Bonchev–Trinajstić information content (AvgIpc) is 2.38. The predicted octanol–water partition coefficient (Wildman–Crippen LogP) is 3.20. The Morgan fingerprint density at radius 3 is 2.61 bits per heavy atom. The van der Waals surface area contributed by atoms with Crippen molar-refractivity contribution in [2.75, 3.05) is 12.4 Å². The summed E-state index contributed by atoms with van der Waals surface area (Å²) in [6.07, 6.45) is -1.43. The Morgan fingerprint density at radius 1 is 1.17 bits per heavy atom. The van der Waals surface area contributed by atoms with Crippen molar-refractivity contribution in [2.45, 2.75) is 6.18 Å². The van der Waals surface area contributed by atoms with Gasteiger partial charge in [-0.3, -0.25) is 4.98 Å². The highest BCUT2D eigenvalue weighted by Gasteiger charge is 2.30. The molecule has 3 nitrogen and oxygen atoms in total. The maximum atomic E-state index is 12.6. The van der Waals surface area contributed by atoms with Gasteiger partial charge in [0, 0.05) is 12.6 Å². The van der Waals surface area contributed by atoms with Crippen molar-refractivity contribution in [3.8, 4) is 11.3 Å². The summed E-state index contributed by atoms with van der Waals surface area (Å²) in [7, 11) is 1.67. The van der Waals surface area contributed by atoms with Crippen molar-refractivity contribution in [1.82, 2.24) is 9.97 Å². The second-order valence-corrected chi connectivity index (χ2v) is 3.62. The number of benzene rings is 1. The minimum atomic E-state index is -4.36. The number of aromatic nitrogens is 2. The number of halogens is 3. The number of rotatable bonds is 2. The minimum Gasteiger partial charge on any atom is -0.372 e. The van der Waals surface area contributed by atoms with Crippen LogP contribution in [0.2, 0.25) is 0 Å². The molecule has 1 aromatic carbocycles. The van der Waals surface area contributed by atoms with E-state index in [2.05, 4.69) is 15.3 Å². The molecule has 0 saturated heterocycles. The van der Waals surface area contributed by atoms with E-state index >= 15 is 0 Å². The first kappa shape index (κ1) is 12.3. The zero-order valence-corrected chi connectivity index (χ0v) is 9.49. The topological polar surface area (TPSA) is 37.8 Å². The van der Waals surface area contributed by atoms with Gasteiger partial charge in [-0.05, 0) is 12.1 Å². The van der Waals surface area contributed by atoms with E-state index in [4.69, 9.17) is 0 Å². The lowest BCUT2D eigenvalue weighted by Crippen LogP contribution is -2.04. The fourth-order valence-corrected chi connectivity index (χ4v) is 1.48. The molecule has 1 heterocycles. The van der Waals surface area contributed by atoms with E-state index in [0.717, 1.165) is 12.1 Å². The van der Waals surface area contributed by atoms with Gasteiger partial charge in [-0.15, -0.1) is 0 Å². The van der Waals surface area contributed by atoms with E-state index in [-0.39, 0.29) is 0 Å². The van der Waals surface area contributed by atoms with Gasteiger partial charge in [-0.2, -0.15) is 13.2 Å². The van der Waals surface area contributed by atoms with Gasteiger partial charge in [-0.25, -0.2) is 4.98 Å². The Hall–Kier alpha value is -2.11. The minimum absolute atomic E-state index is 0.384. The van der Waals surface area contributed by atoms with E-state index in [1.807, 2.05) is 0 Å². The SMILES string of the molecule is CNc1cncc(-c2cccc(C(F)(F)F)c2)n1. The van der Waals surface area contributed by atoms with Crippen molar-refractivity contribution >= 4 is 5.82 Å². The fraction of sp³-hybridized carbons (Fsp3) is 0.167. The molecule has 2 aromatic rings. The van der Waals surface area contributed by atoms with Crippen LogP contribution in [0.5, 0.6) is 0 Å². The highest BCUT2D eigenvalue weighted by atomic mass is 19.4. The number of alkyl halides is 3. The first-order valence-electron chi connectivity index (χ1n) is 5.18.